The molecule has 0 saturated carbocycles. The molecule has 0 unspecified atom stereocenters. The summed E-state index contributed by atoms with van der Waals surface area (Å²) in [6.45, 7) is 1.41. The van der Waals surface area contributed by atoms with Gasteiger partial charge in [-0.2, -0.15) is 0 Å². The number of carbonyl (C=O) groups excluding carboxylic acids is 1. The Morgan fingerprint density at radius 2 is 2.21 bits per heavy atom. The molecule has 0 aliphatic carbocycles. The lowest BCUT2D eigenvalue weighted by Gasteiger charge is -2.26. The molecular weight excluding hydrogens is 324 g/mol. The highest BCUT2D eigenvalue weighted by atomic mass is 32.1. The average Bonchev–Trinajstić information content (AvgIpc) is 3.15. The molecule has 2 heterocycles. The summed E-state index contributed by atoms with van der Waals surface area (Å²) in [7, 11) is 3.72. The summed E-state index contributed by atoms with van der Waals surface area (Å²) in [6, 6.07) is 10.3. The predicted octanol–water partition coefficient (Wildman–Crippen LogP) is 2.86. The number of urea groups is 1. The molecule has 3 rings (SSSR count). The van der Waals surface area contributed by atoms with Crippen LogP contribution in [0.3, 0.4) is 0 Å². The van der Waals surface area contributed by atoms with E-state index in [1.54, 1.807) is 7.11 Å². The molecule has 0 radical (unpaired) electrons. The molecule has 1 aromatic carbocycles. The Morgan fingerprint density at radius 1 is 1.42 bits per heavy atom. The molecule has 2 N–H and O–H groups in total. The molecule has 128 valence electrons. The number of hydrogen-bond acceptors (Lipinski definition) is 5. The van der Waals surface area contributed by atoms with E-state index >= 15 is 0 Å². The van der Waals surface area contributed by atoms with E-state index in [1.165, 1.54) is 16.9 Å². The van der Waals surface area contributed by atoms with E-state index < -0.39 is 0 Å². The number of amides is 2. The van der Waals surface area contributed by atoms with Gasteiger partial charge in [-0.25, -0.2) is 9.78 Å². The topological polar surface area (TPSA) is 66.5 Å². The molecule has 24 heavy (non-hydrogen) atoms. The second-order valence-electron chi connectivity index (χ2n) is 5.91. The second kappa shape index (κ2) is 7.74. The van der Waals surface area contributed by atoms with Crippen molar-refractivity contribution >= 4 is 22.5 Å². The van der Waals surface area contributed by atoms with Crippen LogP contribution >= 0.6 is 11.3 Å². The van der Waals surface area contributed by atoms with Crippen molar-refractivity contribution in [2.75, 3.05) is 26.0 Å². The monoisotopic (exact) mass is 346 g/mol. The first kappa shape index (κ1) is 16.9. The molecule has 1 aromatic heterocycles. The van der Waals surface area contributed by atoms with Crippen molar-refractivity contribution in [1.82, 2.24) is 15.2 Å². The molecule has 1 aliphatic heterocycles. The predicted molar refractivity (Wildman–Crippen MR) is 95.2 cm³/mol. The SMILES string of the molecule is COCc1csc(NC(=O)N[C@H]2CCN(C)[C@@H]2c2ccccc2)n1. The van der Waals surface area contributed by atoms with E-state index in [0.717, 1.165) is 18.7 Å². The number of likely N-dealkylation sites (tertiary alicyclic amines) is 1. The maximum atomic E-state index is 12.3. The molecule has 2 aromatic rings. The number of nitrogens with zero attached hydrogens (tertiary/aromatic N) is 2. The van der Waals surface area contributed by atoms with Crippen LogP contribution < -0.4 is 10.6 Å². The van der Waals surface area contributed by atoms with Crippen LogP contribution in [0, 0.1) is 0 Å². The zero-order valence-corrected chi connectivity index (χ0v) is 14.7. The molecule has 0 spiro atoms. The van der Waals surface area contributed by atoms with Crippen LogP contribution in [0.15, 0.2) is 35.7 Å². The van der Waals surface area contributed by atoms with Gasteiger partial charge in [0.1, 0.15) is 0 Å². The van der Waals surface area contributed by atoms with E-state index in [1.807, 2.05) is 23.6 Å². The summed E-state index contributed by atoms with van der Waals surface area (Å²) >= 11 is 1.40. The van der Waals surface area contributed by atoms with Gasteiger partial charge in [0.2, 0.25) is 0 Å². The van der Waals surface area contributed by atoms with Crippen molar-refractivity contribution < 1.29 is 9.53 Å². The van der Waals surface area contributed by atoms with Crippen molar-refractivity contribution in [3.63, 3.8) is 0 Å². The van der Waals surface area contributed by atoms with Crippen molar-refractivity contribution in [3.8, 4) is 0 Å². The van der Waals surface area contributed by atoms with Gasteiger partial charge in [-0.3, -0.25) is 10.2 Å². The van der Waals surface area contributed by atoms with E-state index in [4.69, 9.17) is 4.74 Å². The van der Waals surface area contributed by atoms with Crippen molar-refractivity contribution in [3.05, 3.63) is 47.0 Å². The Labute approximate surface area is 145 Å². The maximum Gasteiger partial charge on any atom is 0.321 e. The van der Waals surface area contributed by atoms with Gasteiger partial charge in [0, 0.05) is 19.0 Å². The highest BCUT2D eigenvalue weighted by Gasteiger charge is 2.33. The summed E-state index contributed by atoms with van der Waals surface area (Å²) in [5.74, 6) is 0. The number of carbonyl (C=O) groups is 1. The standard InChI is InChI=1S/C17H22N4O2S/c1-21-9-8-14(15(21)12-6-4-3-5-7-12)19-16(22)20-17-18-13(10-23-2)11-24-17/h3-7,11,14-15H,8-10H2,1-2H3,(H2,18,19,20,22)/t14-,15+/m0/s1. The third kappa shape index (κ3) is 3.92. The van der Waals surface area contributed by atoms with Crippen LogP contribution in [-0.4, -0.2) is 42.7 Å². The minimum absolute atomic E-state index is 0.0795. The summed E-state index contributed by atoms with van der Waals surface area (Å²) < 4.78 is 5.04. The summed E-state index contributed by atoms with van der Waals surface area (Å²) in [5, 5.41) is 8.38. The number of methoxy groups -OCH3 is 1. The number of likely N-dealkylation sites (N-methyl/N-ethyl adjacent to an activating group) is 1. The lowest BCUT2D eigenvalue weighted by Crippen LogP contribution is -2.41. The molecule has 7 heteroatoms. The third-order valence-corrected chi connectivity index (χ3v) is 4.98. The number of nitrogens with one attached hydrogen (secondary N) is 2. The van der Waals surface area contributed by atoms with Crippen LogP contribution in [0.5, 0.6) is 0 Å². The van der Waals surface area contributed by atoms with Crippen molar-refractivity contribution in [2.24, 2.45) is 0 Å². The highest BCUT2D eigenvalue weighted by Crippen LogP contribution is 2.30. The molecule has 1 aliphatic rings. The number of aromatic nitrogens is 1. The Morgan fingerprint density at radius 3 is 2.96 bits per heavy atom. The van der Waals surface area contributed by atoms with Gasteiger partial charge in [-0.05, 0) is 19.0 Å². The van der Waals surface area contributed by atoms with Crippen LogP contribution in [0.4, 0.5) is 9.93 Å². The van der Waals surface area contributed by atoms with Gasteiger partial charge in [-0.1, -0.05) is 30.3 Å². The normalized spacial score (nSPS) is 20.9. The highest BCUT2D eigenvalue weighted by molar-refractivity contribution is 7.13. The molecule has 2 amide bonds. The molecule has 1 fully saturated rings. The molecular formula is C17H22N4O2S. The fraction of sp³-hybridized carbons (Fsp3) is 0.412. The number of hydrogen-bond donors (Lipinski definition) is 2. The third-order valence-electron chi connectivity index (χ3n) is 4.17. The molecule has 0 bridgehead atoms. The lowest BCUT2D eigenvalue weighted by atomic mass is 10.0. The van der Waals surface area contributed by atoms with E-state index in [2.05, 4.69) is 39.7 Å². The fourth-order valence-electron chi connectivity index (χ4n) is 3.12. The van der Waals surface area contributed by atoms with Gasteiger partial charge in [0.05, 0.1) is 24.4 Å². The van der Waals surface area contributed by atoms with Crippen LogP contribution in [0.25, 0.3) is 0 Å². The first-order valence-electron chi connectivity index (χ1n) is 7.93. The van der Waals surface area contributed by atoms with Gasteiger partial charge in [-0.15, -0.1) is 11.3 Å². The van der Waals surface area contributed by atoms with Crippen molar-refractivity contribution in [1.29, 1.82) is 0 Å². The number of ether oxygens (including phenoxy) is 1. The van der Waals surface area contributed by atoms with E-state index in [0.29, 0.717) is 11.7 Å². The Kier molecular flexibility index (Phi) is 5.44. The Bertz CT molecular complexity index is 676. The lowest BCUT2D eigenvalue weighted by molar-refractivity contribution is 0.182. The van der Waals surface area contributed by atoms with E-state index in [9.17, 15) is 4.79 Å². The number of thiazole rings is 1. The average molecular weight is 346 g/mol. The van der Waals surface area contributed by atoms with Crippen LogP contribution in [0.1, 0.15) is 23.7 Å². The molecule has 2 atom stereocenters. The zero-order chi connectivity index (χ0) is 16.9. The minimum atomic E-state index is -0.213. The number of anilines is 1. The minimum Gasteiger partial charge on any atom is -0.378 e. The summed E-state index contributed by atoms with van der Waals surface area (Å²) in [4.78, 5) is 18.9. The molecule has 1 saturated heterocycles. The van der Waals surface area contributed by atoms with Crippen LogP contribution in [-0.2, 0) is 11.3 Å². The number of rotatable bonds is 5. The smallest absolute Gasteiger partial charge is 0.321 e. The number of benzene rings is 1. The first-order valence-corrected chi connectivity index (χ1v) is 8.81. The Balaban J connectivity index is 1.62. The van der Waals surface area contributed by atoms with Gasteiger partial charge < -0.3 is 10.1 Å². The van der Waals surface area contributed by atoms with Gasteiger partial charge in [0.15, 0.2) is 5.13 Å². The summed E-state index contributed by atoms with van der Waals surface area (Å²) in [6.07, 6.45) is 0.927. The second-order valence-corrected chi connectivity index (χ2v) is 6.76. The van der Waals surface area contributed by atoms with E-state index in [-0.39, 0.29) is 18.1 Å². The quantitative estimate of drug-likeness (QED) is 0.874. The van der Waals surface area contributed by atoms with Crippen molar-refractivity contribution in [2.45, 2.75) is 25.1 Å². The van der Waals surface area contributed by atoms with Crippen LogP contribution in [0.2, 0.25) is 0 Å². The van der Waals surface area contributed by atoms with Gasteiger partial charge >= 0.3 is 6.03 Å². The fourth-order valence-corrected chi connectivity index (χ4v) is 3.81. The maximum absolute atomic E-state index is 12.3. The molecule has 6 nitrogen and oxygen atoms in total. The van der Waals surface area contributed by atoms with Gasteiger partial charge in [0.25, 0.3) is 0 Å². The Hall–Kier alpha value is -1.96. The summed E-state index contributed by atoms with van der Waals surface area (Å²) in [5.41, 5.74) is 2.04. The largest absolute Gasteiger partial charge is 0.378 e. The zero-order valence-electron chi connectivity index (χ0n) is 13.9. The first-order chi connectivity index (χ1) is 11.7.